The Bertz CT molecular complexity index is 1530. The van der Waals surface area contributed by atoms with Crippen LogP contribution in [0.25, 0.3) is 22.5 Å². The molecule has 0 aliphatic carbocycles. The van der Waals surface area contributed by atoms with Crippen molar-refractivity contribution in [3.63, 3.8) is 0 Å². The van der Waals surface area contributed by atoms with Crippen molar-refractivity contribution in [1.29, 1.82) is 0 Å². The molecule has 0 unspecified atom stereocenters. The first kappa shape index (κ1) is 22.8. The minimum absolute atomic E-state index is 0.0673. The lowest BCUT2D eigenvalue weighted by atomic mass is 10.1. The third-order valence-corrected chi connectivity index (χ3v) is 6.58. The van der Waals surface area contributed by atoms with Gasteiger partial charge >= 0.3 is 0 Å². The van der Waals surface area contributed by atoms with E-state index in [1.807, 2.05) is 84.6 Å². The Hall–Kier alpha value is -3.97. The summed E-state index contributed by atoms with van der Waals surface area (Å²) in [4.78, 5) is 21.7. The van der Waals surface area contributed by atoms with Crippen molar-refractivity contribution in [2.24, 2.45) is 0 Å². The molecular weight excluding hydrogens is 460 g/mol. The highest BCUT2D eigenvalue weighted by Crippen LogP contribution is 2.23. The van der Waals surface area contributed by atoms with Gasteiger partial charge in [-0.15, -0.1) is 0 Å². The molecule has 5 aromatic rings. The van der Waals surface area contributed by atoms with Crippen molar-refractivity contribution in [2.75, 3.05) is 0 Å². The maximum Gasteiger partial charge on any atom is 0.224 e. The van der Waals surface area contributed by atoms with Gasteiger partial charge in [0.1, 0.15) is 12.1 Å². The maximum atomic E-state index is 12.7. The standard InChI is InChI=1S/C27H25ClN6O/c1-17-8-10-21(12-23(17)28)34-19(3)22(18(2)32-34)13-27(35)30-15-20-9-11-26(29-14-20)33-16-31-24-6-4-5-7-25(24)33/h4-12,14,16H,13,15H2,1-3H3,(H,30,35). The molecule has 3 heterocycles. The number of pyridine rings is 1. The van der Waals surface area contributed by atoms with Crippen LogP contribution in [0.2, 0.25) is 5.02 Å². The first-order valence-corrected chi connectivity index (χ1v) is 11.7. The van der Waals surface area contributed by atoms with Gasteiger partial charge in [0.15, 0.2) is 0 Å². The molecule has 7 nitrogen and oxygen atoms in total. The van der Waals surface area contributed by atoms with E-state index in [0.29, 0.717) is 11.6 Å². The predicted molar refractivity (Wildman–Crippen MR) is 137 cm³/mol. The number of halogens is 1. The van der Waals surface area contributed by atoms with Crippen molar-refractivity contribution < 1.29 is 4.79 Å². The van der Waals surface area contributed by atoms with Crippen molar-refractivity contribution in [1.82, 2.24) is 29.6 Å². The molecule has 8 heteroatoms. The summed E-state index contributed by atoms with van der Waals surface area (Å²) < 4.78 is 3.79. The van der Waals surface area contributed by atoms with Gasteiger partial charge < -0.3 is 5.32 Å². The van der Waals surface area contributed by atoms with E-state index in [1.165, 1.54) is 0 Å². The summed E-state index contributed by atoms with van der Waals surface area (Å²) in [5, 5.41) is 8.32. The molecule has 0 bridgehead atoms. The predicted octanol–water partition coefficient (Wildman–Crippen LogP) is 5.04. The molecule has 0 saturated carbocycles. The first-order valence-electron chi connectivity index (χ1n) is 11.4. The van der Waals surface area contributed by atoms with E-state index in [0.717, 1.165) is 50.6 Å². The van der Waals surface area contributed by atoms with E-state index in [-0.39, 0.29) is 12.3 Å². The van der Waals surface area contributed by atoms with Gasteiger partial charge in [0.05, 0.1) is 28.8 Å². The number of hydrogen-bond donors (Lipinski definition) is 1. The molecule has 0 aliphatic heterocycles. The van der Waals surface area contributed by atoms with Crippen LogP contribution in [0.1, 0.15) is 28.1 Å². The summed E-state index contributed by atoms with van der Waals surface area (Å²) >= 11 is 6.30. The van der Waals surface area contributed by atoms with Gasteiger partial charge in [-0.05, 0) is 62.2 Å². The van der Waals surface area contributed by atoms with Crippen molar-refractivity contribution in [2.45, 2.75) is 33.7 Å². The normalized spacial score (nSPS) is 11.2. The quantitative estimate of drug-likeness (QED) is 0.366. The monoisotopic (exact) mass is 484 g/mol. The van der Waals surface area contributed by atoms with Crippen LogP contribution < -0.4 is 5.32 Å². The van der Waals surface area contributed by atoms with Gasteiger partial charge in [0.25, 0.3) is 0 Å². The van der Waals surface area contributed by atoms with Crippen molar-refractivity contribution in [3.05, 3.63) is 100 Å². The molecule has 0 atom stereocenters. The zero-order valence-corrected chi connectivity index (χ0v) is 20.5. The van der Waals surface area contributed by atoms with Crippen LogP contribution >= 0.6 is 11.6 Å². The van der Waals surface area contributed by atoms with Crippen LogP contribution in [-0.2, 0) is 17.8 Å². The molecule has 1 amide bonds. The fraction of sp³-hybridized carbons (Fsp3) is 0.185. The largest absolute Gasteiger partial charge is 0.352 e. The highest BCUT2D eigenvalue weighted by molar-refractivity contribution is 6.31. The lowest BCUT2D eigenvalue weighted by Gasteiger charge is -2.09. The van der Waals surface area contributed by atoms with Gasteiger partial charge in [-0.1, -0.05) is 35.9 Å². The van der Waals surface area contributed by atoms with Crippen LogP contribution in [0.4, 0.5) is 0 Å². The molecule has 3 aromatic heterocycles. The Morgan fingerprint density at radius 1 is 1.03 bits per heavy atom. The minimum Gasteiger partial charge on any atom is -0.352 e. The third-order valence-electron chi connectivity index (χ3n) is 6.18. The van der Waals surface area contributed by atoms with Crippen LogP contribution in [0.5, 0.6) is 0 Å². The number of benzene rings is 2. The van der Waals surface area contributed by atoms with Crippen LogP contribution in [0.3, 0.4) is 0 Å². The van der Waals surface area contributed by atoms with Gasteiger partial charge in [-0.2, -0.15) is 5.10 Å². The molecular formula is C27H25ClN6O. The number of fused-ring (bicyclic) bond motifs is 1. The molecule has 176 valence electrons. The zero-order chi connectivity index (χ0) is 24.5. The summed E-state index contributed by atoms with van der Waals surface area (Å²) in [6.45, 7) is 6.26. The Morgan fingerprint density at radius 3 is 2.63 bits per heavy atom. The number of rotatable bonds is 6. The van der Waals surface area contributed by atoms with E-state index in [2.05, 4.69) is 20.4 Å². The minimum atomic E-state index is -0.0673. The highest BCUT2D eigenvalue weighted by Gasteiger charge is 2.16. The molecule has 35 heavy (non-hydrogen) atoms. The van der Waals surface area contributed by atoms with E-state index >= 15 is 0 Å². The zero-order valence-electron chi connectivity index (χ0n) is 19.8. The van der Waals surface area contributed by atoms with Gasteiger partial charge in [-0.3, -0.25) is 9.36 Å². The van der Waals surface area contributed by atoms with Gasteiger partial charge in [0.2, 0.25) is 5.91 Å². The Labute approximate surface area is 208 Å². The average Bonchev–Trinajstić information content (AvgIpc) is 3.41. The molecule has 0 spiro atoms. The van der Waals surface area contributed by atoms with E-state index in [9.17, 15) is 4.79 Å². The number of para-hydroxylation sites is 2. The molecule has 0 aliphatic rings. The fourth-order valence-corrected chi connectivity index (χ4v) is 4.30. The second kappa shape index (κ2) is 9.35. The SMILES string of the molecule is Cc1ccc(-n2nc(C)c(CC(=O)NCc3ccc(-n4cnc5ccccc54)nc3)c2C)cc1Cl. The number of aryl methyl sites for hydroxylation is 2. The molecule has 0 radical (unpaired) electrons. The number of amides is 1. The topological polar surface area (TPSA) is 77.6 Å². The summed E-state index contributed by atoms with van der Waals surface area (Å²) in [7, 11) is 0. The lowest BCUT2D eigenvalue weighted by Crippen LogP contribution is -2.25. The summed E-state index contributed by atoms with van der Waals surface area (Å²) in [5.74, 6) is 0.714. The average molecular weight is 485 g/mol. The second-order valence-electron chi connectivity index (χ2n) is 8.58. The Morgan fingerprint density at radius 2 is 1.86 bits per heavy atom. The summed E-state index contributed by atoms with van der Waals surface area (Å²) in [6.07, 6.45) is 3.80. The van der Waals surface area contributed by atoms with Gasteiger partial charge in [-0.25, -0.2) is 14.6 Å². The van der Waals surface area contributed by atoms with E-state index in [4.69, 9.17) is 11.6 Å². The van der Waals surface area contributed by atoms with Crippen molar-refractivity contribution in [3.8, 4) is 11.5 Å². The molecule has 5 rings (SSSR count). The summed E-state index contributed by atoms with van der Waals surface area (Å²) in [6, 6.07) is 17.7. The Kier molecular flexibility index (Phi) is 6.09. The molecule has 2 aromatic carbocycles. The van der Waals surface area contributed by atoms with Crippen LogP contribution in [-0.4, -0.2) is 30.2 Å². The van der Waals surface area contributed by atoms with E-state index < -0.39 is 0 Å². The molecule has 0 saturated heterocycles. The van der Waals surface area contributed by atoms with Crippen LogP contribution in [0.15, 0.2) is 67.1 Å². The number of nitrogens with zero attached hydrogens (tertiary/aromatic N) is 5. The van der Waals surface area contributed by atoms with Gasteiger partial charge in [0, 0.05) is 29.0 Å². The highest BCUT2D eigenvalue weighted by atomic mass is 35.5. The lowest BCUT2D eigenvalue weighted by molar-refractivity contribution is -0.120. The molecule has 0 fully saturated rings. The second-order valence-corrected chi connectivity index (χ2v) is 8.98. The third kappa shape index (κ3) is 4.55. The summed E-state index contributed by atoms with van der Waals surface area (Å²) in [5.41, 5.74) is 7.40. The van der Waals surface area contributed by atoms with E-state index in [1.54, 1.807) is 12.5 Å². The number of hydrogen-bond acceptors (Lipinski definition) is 4. The fourth-order valence-electron chi connectivity index (χ4n) is 4.12. The van der Waals surface area contributed by atoms with Crippen LogP contribution in [0, 0.1) is 20.8 Å². The first-order chi connectivity index (χ1) is 16.9. The number of nitrogens with one attached hydrogen (secondary N) is 1. The number of carbonyl (C=O) groups excluding carboxylic acids is 1. The molecule has 1 N–H and O–H groups in total. The number of aromatic nitrogens is 5. The number of carbonyl (C=O) groups is 1. The van der Waals surface area contributed by atoms with Crippen molar-refractivity contribution >= 4 is 28.5 Å². The number of imidazole rings is 1. The Balaban J connectivity index is 1.25. The maximum absolute atomic E-state index is 12.7. The smallest absolute Gasteiger partial charge is 0.224 e.